The van der Waals surface area contributed by atoms with Crippen molar-refractivity contribution >= 4 is 0 Å². The van der Waals surface area contributed by atoms with E-state index in [2.05, 4.69) is 34.4 Å². The molecule has 0 radical (unpaired) electrons. The Labute approximate surface area is 118 Å². The predicted octanol–water partition coefficient (Wildman–Crippen LogP) is 1.82. The molecule has 5 nitrogen and oxygen atoms in total. The van der Waals surface area contributed by atoms with Crippen molar-refractivity contribution in [3.05, 3.63) is 47.1 Å². The molecule has 1 aromatic carbocycles. The van der Waals surface area contributed by atoms with E-state index in [-0.39, 0.29) is 0 Å². The molecule has 1 heterocycles. The molecule has 106 valence electrons. The van der Waals surface area contributed by atoms with Crippen LogP contribution in [0.2, 0.25) is 0 Å². The second-order valence-corrected chi connectivity index (χ2v) is 5.10. The molecule has 0 amide bonds. The van der Waals surface area contributed by atoms with Gasteiger partial charge in [-0.2, -0.15) is 4.98 Å². The summed E-state index contributed by atoms with van der Waals surface area (Å²) in [6.07, 6.45) is 3.13. The van der Waals surface area contributed by atoms with E-state index in [0.29, 0.717) is 31.6 Å². The first-order valence-electron chi connectivity index (χ1n) is 7.04. The Morgan fingerprint density at radius 2 is 2.15 bits per heavy atom. The molecule has 0 spiro atoms. The number of nitrogens with two attached hydrogens (primary N) is 1. The van der Waals surface area contributed by atoms with Crippen molar-refractivity contribution in [2.45, 2.75) is 31.8 Å². The van der Waals surface area contributed by atoms with E-state index in [0.717, 1.165) is 25.1 Å². The van der Waals surface area contributed by atoms with Gasteiger partial charge >= 0.3 is 0 Å². The first-order chi connectivity index (χ1) is 9.86. The Hall–Kier alpha value is -1.72. The zero-order chi connectivity index (χ0) is 13.8. The number of ether oxygens (including phenoxy) is 1. The fourth-order valence-corrected chi connectivity index (χ4v) is 2.65. The van der Waals surface area contributed by atoms with Gasteiger partial charge in [0, 0.05) is 12.5 Å². The Kier molecular flexibility index (Phi) is 4.08. The summed E-state index contributed by atoms with van der Waals surface area (Å²) in [5, 5.41) is 4.09. The number of nitrogens with zero attached hydrogens (tertiary/aromatic N) is 2. The molecule has 2 N–H and O–H groups in total. The number of aryl methyl sites for hydroxylation is 1. The van der Waals surface area contributed by atoms with Crippen LogP contribution in [0.15, 0.2) is 28.8 Å². The number of benzene rings is 1. The van der Waals surface area contributed by atoms with Crippen LogP contribution in [0.4, 0.5) is 0 Å². The molecule has 1 aromatic heterocycles. The van der Waals surface area contributed by atoms with Crippen LogP contribution in [-0.2, 0) is 24.2 Å². The molecule has 0 saturated carbocycles. The van der Waals surface area contributed by atoms with E-state index in [1.54, 1.807) is 0 Å². The molecule has 1 unspecified atom stereocenters. The second kappa shape index (κ2) is 6.15. The minimum Gasteiger partial charge on any atom is -0.370 e. The summed E-state index contributed by atoms with van der Waals surface area (Å²) < 4.78 is 10.5. The van der Waals surface area contributed by atoms with Crippen LogP contribution in [-0.4, -0.2) is 23.3 Å². The maximum atomic E-state index is 5.37. The van der Waals surface area contributed by atoms with Crippen LogP contribution < -0.4 is 5.73 Å². The van der Waals surface area contributed by atoms with E-state index < -0.39 is 0 Å². The van der Waals surface area contributed by atoms with Crippen LogP contribution in [0.3, 0.4) is 0 Å². The van der Waals surface area contributed by atoms with Gasteiger partial charge in [-0.1, -0.05) is 29.4 Å². The lowest BCUT2D eigenvalue weighted by Crippen LogP contribution is -2.14. The van der Waals surface area contributed by atoms with Crippen molar-refractivity contribution in [3.63, 3.8) is 0 Å². The molecule has 0 aliphatic heterocycles. The van der Waals surface area contributed by atoms with Crippen LogP contribution >= 0.6 is 0 Å². The minimum absolute atomic E-state index is 0.341. The molecular weight excluding hydrogens is 254 g/mol. The van der Waals surface area contributed by atoms with Gasteiger partial charge in [-0.15, -0.1) is 0 Å². The maximum Gasteiger partial charge on any atom is 0.252 e. The van der Waals surface area contributed by atoms with Gasteiger partial charge in [-0.3, -0.25) is 0 Å². The molecule has 0 saturated heterocycles. The largest absolute Gasteiger partial charge is 0.370 e. The third-order valence-corrected chi connectivity index (χ3v) is 3.68. The first kappa shape index (κ1) is 13.3. The van der Waals surface area contributed by atoms with Gasteiger partial charge in [0.1, 0.15) is 6.61 Å². The lowest BCUT2D eigenvalue weighted by molar-refractivity contribution is 0.104. The van der Waals surface area contributed by atoms with Crippen molar-refractivity contribution in [2.75, 3.05) is 13.2 Å². The van der Waals surface area contributed by atoms with E-state index >= 15 is 0 Å². The lowest BCUT2D eigenvalue weighted by Gasteiger charge is -2.21. The fourth-order valence-electron chi connectivity index (χ4n) is 2.65. The molecule has 20 heavy (non-hydrogen) atoms. The third-order valence-electron chi connectivity index (χ3n) is 3.68. The van der Waals surface area contributed by atoms with Crippen molar-refractivity contribution in [1.29, 1.82) is 0 Å². The number of hydrogen-bond donors (Lipinski definition) is 1. The summed E-state index contributed by atoms with van der Waals surface area (Å²) in [6, 6.07) is 8.57. The zero-order valence-electron chi connectivity index (χ0n) is 11.4. The van der Waals surface area contributed by atoms with Crippen molar-refractivity contribution in [2.24, 2.45) is 5.73 Å². The number of hydrogen-bond acceptors (Lipinski definition) is 5. The van der Waals surface area contributed by atoms with Gasteiger partial charge < -0.3 is 15.0 Å². The quantitative estimate of drug-likeness (QED) is 0.841. The summed E-state index contributed by atoms with van der Waals surface area (Å²) in [7, 11) is 0. The van der Waals surface area contributed by atoms with E-state index in [4.69, 9.17) is 15.0 Å². The van der Waals surface area contributed by atoms with Crippen molar-refractivity contribution in [1.82, 2.24) is 10.1 Å². The number of rotatable bonds is 5. The Morgan fingerprint density at radius 1 is 1.30 bits per heavy atom. The highest BCUT2D eigenvalue weighted by Gasteiger charge is 2.24. The normalized spacial score (nSPS) is 17.9. The molecule has 1 aliphatic rings. The topological polar surface area (TPSA) is 74.2 Å². The zero-order valence-corrected chi connectivity index (χ0v) is 11.4. The van der Waals surface area contributed by atoms with Crippen LogP contribution in [0.5, 0.6) is 0 Å². The highest BCUT2D eigenvalue weighted by atomic mass is 16.5. The van der Waals surface area contributed by atoms with Gasteiger partial charge in [0.2, 0.25) is 0 Å². The van der Waals surface area contributed by atoms with Gasteiger partial charge in [-0.25, -0.2) is 0 Å². The van der Waals surface area contributed by atoms with Gasteiger partial charge in [0.25, 0.3) is 5.89 Å². The average molecular weight is 273 g/mol. The maximum absolute atomic E-state index is 5.37. The Bertz CT molecular complexity index is 568. The highest BCUT2D eigenvalue weighted by molar-refractivity contribution is 5.31. The van der Waals surface area contributed by atoms with Gasteiger partial charge in [-0.05, 0) is 30.4 Å². The Morgan fingerprint density at radius 3 is 3.00 bits per heavy atom. The van der Waals surface area contributed by atoms with E-state index in [1.165, 1.54) is 11.1 Å². The minimum atomic E-state index is 0.341. The summed E-state index contributed by atoms with van der Waals surface area (Å²) in [5.74, 6) is 1.68. The molecule has 0 bridgehead atoms. The van der Waals surface area contributed by atoms with Gasteiger partial charge in [0.05, 0.1) is 6.61 Å². The monoisotopic (exact) mass is 273 g/mol. The van der Waals surface area contributed by atoms with Crippen molar-refractivity contribution in [3.8, 4) is 0 Å². The molecule has 3 rings (SSSR count). The van der Waals surface area contributed by atoms with Crippen LogP contribution in [0.1, 0.15) is 35.2 Å². The first-order valence-corrected chi connectivity index (χ1v) is 7.04. The molecule has 2 aromatic rings. The Balaban J connectivity index is 1.66. The molecule has 1 aliphatic carbocycles. The summed E-state index contributed by atoms with van der Waals surface area (Å²) in [4.78, 5) is 4.44. The van der Waals surface area contributed by atoms with Crippen LogP contribution in [0, 0.1) is 0 Å². The number of aromatic nitrogens is 2. The smallest absolute Gasteiger partial charge is 0.252 e. The standard InChI is InChI=1S/C15H19N3O2/c16-7-8-19-10-14-17-15(18-20-14)13-6-5-11-3-1-2-4-12(11)9-13/h1-4,13H,5-10,16H2. The summed E-state index contributed by atoms with van der Waals surface area (Å²) in [6.45, 7) is 1.35. The fraction of sp³-hybridized carbons (Fsp3) is 0.467. The lowest BCUT2D eigenvalue weighted by atomic mass is 9.83. The third kappa shape index (κ3) is 2.89. The van der Waals surface area contributed by atoms with Gasteiger partial charge in [0.15, 0.2) is 5.82 Å². The highest BCUT2D eigenvalue weighted by Crippen LogP contribution is 2.31. The number of fused-ring (bicyclic) bond motifs is 1. The summed E-state index contributed by atoms with van der Waals surface area (Å²) >= 11 is 0. The van der Waals surface area contributed by atoms with E-state index in [9.17, 15) is 0 Å². The SMILES string of the molecule is NCCOCc1nc(C2CCc3ccccc3C2)no1. The molecular formula is C15H19N3O2. The summed E-state index contributed by atoms with van der Waals surface area (Å²) in [5.41, 5.74) is 8.21. The molecule has 0 fully saturated rings. The average Bonchev–Trinajstić information content (AvgIpc) is 2.96. The van der Waals surface area contributed by atoms with E-state index in [1.807, 2.05) is 0 Å². The van der Waals surface area contributed by atoms with Crippen LogP contribution in [0.25, 0.3) is 0 Å². The van der Waals surface area contributed by atoms with Crippen molar-refractivity contribution < 1.29 is 9.26 Å². The predicted molar refractivity (Wildman–Crippen MR) is 74.2 cm³/mol. The molecule has 5 heteroatoms. The molecule has 1 atom stereocenters. The second-order valence-electron chi connectivity index (χ2n) is 5.10.